The minimum absolute atomic E-state index is 0.0270. The summed E-state index contributed by atoms with van der Waals surface area (Å²) in [6.07, 6.45) is 0. The Bertz CT molecular complexity index is 1290. The molecule has 0 aliphatic heterocycles. The molecule has 0 aliphatic carbocycles. The summed E-state index contributed by atoms with van der Waals surface area (Å²) in [6.45, 7) is 2.72. The summed E-state index contributed by atoms with van der Waals surface area (Å²) in [7, 11) is 5.87. The maximum Gasteiger partial charge on any atom is 0.302 e. The first kappa shape index (κ1) is 29.0. The van der Waals surface area contributed by atoms with Crippen LogP contribution in [0, 0.1) is 0 Å². The van der Waals surface area contributed by atoms with E-state index in [1.807, 2.05) is 30.3 Å². The monoisotopic (exact) mass is 540 g/mol. The average Bonchev–Trinajstić information content (AvgIpc) is 2.94. The van der Waals surface area contributed by atoms with E-state index in [0.29, 0.717) is 22.6 Å². The summed E-state index contributed by atoms with van der Waals surface area (Å²) >= 11 is 0. The number of benzene rings is 3. The van der Waals surface area contributed by atoms with E-state index < -0.39 is 11.9 Å². The highest BCUT2D eigenvalue weighted by atomic mass is 16.6. The van der Waals surface area contributed by atoms with E-state index in [9.17, 15) is 9.59 Å². The molecule has 0 heterocycles. The van der Waals surface area contributed by atoms with Crippen LogP contribution in [0.1, 0.15) is 30.5 Å². The molecule has 0 N–H and O–H groups in total. The highest BCUT2D eigenvalue weighted by molar-refractivity contribution is 5.68. The van der Waals surface area contributed by atoms with Gasteiger partial charge >= 0.3 is 11.9 Å². The summed E-state index contributed by atoms with van der Waals surface area (Å²) in [6, 6.07) is 14.6. The average molecular weight is 541 g/mol. The second kappa shape index (κ2) is 13.8. The summed E-state index contributed by atoms with van der Waals surface area (Å²) in [5.41, 5.74) is 1.97. The third-order valence-corrected chi connectivity index (χ3v) is 5.47. The summed E-state index contributed by atoms with van der Waals surface area (Å²) in [4.78, 5) is 23.1. The zero-order chi connectivity index (χ0) is 28.4. The molecule has 0 amide bonds. The van der Waals surface area contributed by atoms with Crippen molar-refractivity contribution in [3.63, 3.8) is 0 Å². The molecule has 0 unspecified atom stereocenters. The molecule has 10 heteroatoms. The standard InChI is InChI=1S/C29H32O10/c1-18(30)36-16-21-12-24(38-15-20-10-8-7-9-11-20)27(33-4)25(13-21)39-26-22(17-37-19(2)31)14-23(32-3)28(34-5)29(26)35-6/h7-14H,15-17H2,1-6H3. The van der Waals surface area contributed by atoms with E-state index in [1.165, 1.54) is 42.3 Å². The van der Waals surface area contributed by atoms with Crippen LogP contribution in [0.25, 0.3) is 0 Å². The first-order valence-corrected chi connectivity index (χ1v) is 11.9. The number of methoxy groups -OCH3 is 4. The molecule has 3 aromatic carbocycles. The normalized spacial score (nSPS) is 10.3. The smallest absolute Gasteiger partial charge is 0.302 e. The van der Waals surface area contributed by atoms with Crippen LogP contribution in [0.2, 0.25) is 0 Å². The van der Waals surface area contributed by atoms with Crippen LogP contribution in [0.4, 0.5) is 0 Å². The molecular weight excluding hydrogens is 508 g/mol. The van der Waals surface area contributed by atoms with Crippen molar-refractivity contribution in [2.45, 2.75) is 33.7 Å². The molecule has 3 rings (SSSR count). The lowest BCUT2D eigenvalue weighted by atomic mass is 10.1. The van der Waals surface area contributed by atoms with Crippen molar-refractivity contribution >= 4 is 11.9 Å². The van der Waals surface area contributed by atoms with Crippen LogP contribution < -0.4 is 28.4 Å². The largest absolute Gasteiger partial charge is 0.493 e. The molecule has 0 radical (unpaired) electrons. The molecule has 0 saturated carbocycles. The van der Waals surface area contributed by atoms with Crippen molar-refractivity contribution < 1.29 is 47.5 Å². The first-order valence-electron chi connectivity index (χ1n) is 11.9. The van der Waals surface area contributed by atoms with E-state index in [2.05, 4.69) is 0 Å². The fourth-order valence-corrected chi connectivity index (χ4v) is 3.71. The van der Waals surface area contributed by atoms with Gasteiger partial charge in [0.1, 0.15) is 19.8 Å². The quantitative estimate of drug-likeness (QED) is 0.268. The molecule has 0 atom stereocenters. The maximum atomic E-state index is 11.6. The van der Waals surface area contributed by atoms with Gasteiger partial charge < -0.3 is 37.9 Å². The zero-order valence-corrected chi connectivity index (χ0v) is 22.8. The number of rotatable bonds is 13. The molecule has 39 heavy (non-hydrogen) atoms. The number of carbonyl (C=O) groups is 2. The van der Waals surface area contributed by atoms with Gasteiger partial charge in [0.2, 0.25) is 17.2 Å². The van der Waals surface area contributed by atoms with Gasteiger partial charge in [-0.1, -0.05) is 30.3 Å². The molecule has 10 nitrogen and oxygen atoms in total. The summed E-state index contributed by atoms with van der Waals surface area (Å²) in [5, 5.41) is 0. The van der Waals surface area contributed by atoms with Gasteiger partial charge in [-0.2, -0.15) is 0 Å². The Kier molecular flexibility index (Phi) is 10.3. The number of ether oxygens (including phenoxy) is 8. The second-order valence-corrected chi connectivity index (χ2v) is 8.20. The number of carbonyl (C=O) groups excluding carboxylic acids is 2. The fraction of sp³-hybridized carbons (Fsp3) is 0.310. The van der Waals surface area contributed by atoms with Crippen molar-refractivity contribution in [3.05, 3.63) is 65.2 Å². The van der Waals surface area contributed by atoms with Gasteiger partial charge in [-0.15, -0.1) is 0 Å². The molecule has 3 aromatic rings. The Labute approximate surface area is 227 Å². The molecule has 0 fully saturated rings. The van der Waals surface area contributed by atoms with Crippen molar-refractivity contribution in [1.29, 1.82) is 0 Å². The zero-order valence-electron chi connectivity index (χ0n) is 22.8. The Morgan fingerprint density at radius 3 is 1.79 bits per heavy atom. The molecule has 0 aliphatic rings. The molecule has 0 bridgehead atoms. The Morgan fingerprint density at radius 2 is 1.21 bits per heavy atom. The van der Waals surface area contributed by atoms with Gasteiger partial charge in [0, 0.05) is 19.4 Å². The third kappa shape index (κ3) is 7.47. The highest BCUT2D eigenvalue weighted by Crippen LogP contribution is 2.50. The lowest BCUT2D eigenvalue weighted by molar-refractivity contribution is -0.143. The fourth-order valence-electron chi connectivity index (χ4n) is 3.71. The molecular formula is C29H32O10. The van der Waals surface area contributed by atoms with E-state index in [-0.39, 0.29) is 48.6 Å². The topological polar surface area (TPSA) is 108 Å². The van der Waals surface area contributed by atoms with Crippen molar-refractivity contribution in [2.24, 2.45) is 0 Å². The first-order chi connectivity index (χ1) is 18.8. The van der Waals surface area contributed by atoms with Crippen LogP contribution in [0.5, 0.6) is 40.2 Å². The minimum Gasteiger partial charge on any atom is -0.493 e. The van der Waals surface area contributed by atoms with Crippen LogP contribution >= 0.6 is 0 Å². The van der Waals surface area contributed by atoms with Gasteiger partial charge in [-0.3, -0.25) is 9.59 Å². The lowest BCUT2D eigenvalue weighted by Crippen LogP contribution is -2.06. The molecule has 208 valence electrons. The SMILES string of the molecule is COc1cc(COC(C)=O)c(Oc2cc(COC(C)=O)cc(OCc3ccccc3)c2OC)c(OC)c1OC. The second-order valence-electron chi connectivity index (χ2n) is 8.20. The number of hydrogen-bond acceptors (Lipinski definition) is 10. The lowest BCUT2D eigenvalue weighted by Gasteiger charge is -2.22. The number of hydrogen-bond donors (Lipinski definition) is 0. The van der Waals surface area contributed by atoms with E-state index in [4.69, 9.17) is 37.9 Å². The number of esters is 2. The van der Waals surface area contributed by atoms with Crippen LogP contribution in [-0.4, -0.2) is 40.4 Å². The van der Waals surface area contributed by atoms with Crippen molar-refractivity contribution in [3.8, 4) is 40.2 Å². The van der Waals surface area contributed by atoms with Crippen LogP contribution in [-0.2, 0) is 38.9 Å². The predicted molar refractivity (Wildman–Crippen MR) is 141 cm³/mol. The van der Waals surface area contributed by atoms with Crippen LogP contribution in [0.3, 0.4) is 0 Å². The van der Waals surface area contributed by atoms with E-state index in [0.717, 1.165) is 5.56 Å². The van der Waals surface area contributed by atoms with Crippen LogP contribution in [0.15, 0.2) is 48.5 Å². The Hall–Kier alpha value is -4.60. The van der Waals surface area contributed by atoms with Gasteiger partial charge in [-0.25, -0.2) is 0 Å². The molecule has 0 aromatic heterocycles. The minimum atomic E-state index is -0.479. The van der Waals surface area contributed by atoms with Gasteiger partial charge in [0.05, 0.1) is 28.4 Å². The third-order valence-electron chi connectivity index (χ3n) is 5.47. The van der Waals surface area contributed by atoms with Crippen molar-refractivity contribution in [1.82, 2.24) is 0 Å². The summed E-state index contributed by atoms with van der Waals surface area (Å²) in [5.74, 6) is 1.00. The van der Waals surface area contributed by atoms with Crippen molar-refractivity contribution in [2.75, 3.05) is 28.4 Å². The van der Waals surface area contributed by atoms with Gasteiger partial charge in [0.25, 0.3) is 0 Å². The highest BCUT2D eigenvalue weighted by Gasteiger charge is 2.26. The van der Waals surface area contributed by atoms with E-state index >= 15 is 0 Å². The van der Waals surface area contributed by atoms with E-state index in [1.54, 1.807) is 18.2 Å². The Morgan fingerprint density at radius 1 is 0.590 bits per heavy atom. The van der Waals surface area contributed by atoms with Gasteiger partial charge in [-0.05, 0) is 29.3 Å². The summed E-state index contributed by atoms with van der Waals surface area (Å²) < 4.78 is 45.2. The predicted octanol–water partition coefficient (Wildman–Crippen LogP) is 5.22. The maximum absolute atomic E-state index is 11.6. The van der Waals surface area contributed by atoms with Gasteiger partial charge in [0.15, 0.2) is 23.0 Å². The molecule has 0 spiro atoms. The molecule has 0 saturated heterocycles. The Balaban J connectivity index is 2.14.